The largest absolute Gasteiger partial charge is 0.486 e. The van der Waals surface area contributed by atoms with Crippen LogP contribution in [0.3, 0.4) is 0 Å². The van der Waals surface area contributed by atoms with Gasteiger partial charge < -0.3 is 20.1 Å². The van der Waals surface area contributed by atoms with Crippen molar-refractivity contribution < 1.29 is 27.9 Å². The van der Waals surface area contributed by atoms with Crippen molar-refractivity contribution in [2.75, 3.05) is 32.1 Å². The van der Waals surface area contributed by atoms with Gasteiger partial charge in [0.2, 0.25) is 15.9 Å². The second-order valence-electron chi connectivity index (χ2n) is 11.2. The summed E-state index contributed by atoms with van der Waals surface area (Å²) in [5.41, 5.74) is 1.62. The van der Waals surface area contributed by atoms with E-state index in [1.54, 1.807) is 54.3 Å². The minimum Gasteiger partial charge on any atom is -0.486 e. The van der Waals surface area contributed by atoms with Crippen LogP contribution in [0.5, 0.6) is 5.75 Å². The van der Waals surface area contributed by atoms with Crippen molar-refractivity contribution in [2.24, 2.45) is 11.8 Å². The van der Waals surface area contributed by atoms with Crippen molar-refractivity contribution in [2.45, 2.75) is 69.9 Å². The zero-order chi connectivity index (χ0) is 29.0. The molecule has 3 atom stereocenters. The van der Waals surface area contributed by atoms with Gasteiger partial charge in [0.1, 0.15) is 6.10 Å². The maximum Gasteiger partial charge on any atom is 0.258 e. The number of aliphatic hydroxyl groups is 1. The summed E-state index contributed by atoms with van der Waals surface area (Å²) >= 11 is 0. The number of nitrogens with one attached hydrogen (secondary N) is 1. The van der Waals surface area contributed by atoms with E-state index in [1.165, 1.54) is 11.4 Å². The van der Waals surface area contributed by atoms with Crippen molar-refractivity contribution in [3.63, 3.8) is 0 Å². The minimum absolute atomic E-state index is 0.0251. The Morgan fingerprint density at radius 1 is 1.15 bits per heavy atom. The fourth-order valence-electron chi connectivity index (χ4n) is 5.40. The molecule has 0 unspecified atom stereocenters. The lowest BCUT2D eigenvalue weighted by molar-refractivity contribution is -0.120. The first-order valence-electron chi connectivity index (χ1n) is 14.1. The highest BCUT2D eigenvalue weighted by atomic mass is 32.2. The third-order valence-electron chi connectivity index (χ3n) is 8.09. The Kier molecular flexibility index (Phi) is 9.53. The lowest BCUT2D eigenvalue weighted by Crippen LogP contribution is -2.50. The Morgan fingerprint density at radius 3 is 2.48 bits per heavy atom. The van der Waals surface area contributed by atoms with Gasteiger partial charge in [-0.1, -0.05) is 49.9 Å². The lowest BCUT2D eigenvalue weighted by Gasteiger charge is -2.38. The molecule has 1 heterocycles. The fraction of sp³-hybridized carbons (Fsp3) is 0.533. The van der Waals surface area contributed by atoms with Crippen molar-refractivity contribution in [3.05, 3.63) is 53.6 Å². The topological polar surface area (TPSA) is 116 Å². The highest BCUT2D eigenvalue weighted by molar-refractivity contribution is 7.89. The molecule has 0 bridgehead atoms. The summed E-state index contributed by atoms with van der Waals surface area (Å²) in [6.45, 7) is 5.63. The Hall–Kier alpha value is -2.95. The minimum atomic E-state index is -3.80. The third-order valence-corrected chi connectivity index (χ3v) is 9.93. The third kappa shape index (κ3) is 6.50. The number of aliphatic hydroxyl groups excluding tert-OH is 1. The van der Waals surface area contributed by atoms with Crippen LogP contribution in [0.15, 0.2) is 47.4 Å². The van der Waals surface area contributed by atoms with Crippen LogP contribution < -0.4 is 10.1 Å². The number of hydrogen-bond donors (Lipinski definition) is 2. The number of rotatable bonds is 8. The van der Waals surface area contributed by atoms with Gasteiger partial charge in [0.05, 0.1) is 35.3 Å². The van der Waals surface area contributed by atoms with E-state index in [1.807, 2.05) is 13.8 Å². The summed E-state index contributed by atoms with van der Waals surface area (Å²) in [6, 6.07) is 11.3. The van der Waals surface area contributed by atoms with E-state index in [0.717, 1.165) is 37.7 Å². The number of anilines is 1. The Balaban J connectivity index is 1.69. The number of carbonyl (C=O) groups is 2. The molecule has 4 rings (SSSR count). The summed E-state index contributed by atoms with van der Waals surface area (Å²) in [5, 5.41) is 12.9. The maximum absolute atomic E-state index is 13.7. The second kappa shape index (κ2) is 12.7. The molecule has 2 aromatic rings. The van der Waals surface area contributed by atoms with Crippen molar-refractivity contribution in [1.82, 2.24) is 9.21 Å². The first-order valence-corrected chi connectivity index (χ1v) is 15.5. The smallest absolute Gasteiger partial charge is 0.258 e. The average Bonchev–Trinajstić information content (AvgIpc) is 2.95. The predicted octanol–water partition coefficient (Wildman–Crippen LogP) is 4.05. The number of fused-ring (bicyclic) bond motifs is 1. The molecule has 2 aromatic carbocycles. The highest BCUT2D eigenvalue weighted by Gasteiger charge is 2.36. The number of nitrogens with zero attached hydrogens (tertiary/aromatic N) is 2. The quantitative estimate of drug-likeness (QED) is 0.494. The molecule has 2 N–H and O–H groups in total. The average molecular weight is 572 g/mol. The van der Waals surface area contributed by atoms with Crippen molar-refractivity contribution in [3.8, 4) is 5.75 Å². The van der Waals surface area contributed by atoms with Gasteiger partial charge in [-0.2, -0.15) is 4.31 Å². The number of amides is 2. The molecule has 10 heteroatoms. The first-order chi connectivity index (χ1) is 19.0. The van der Waals surface area contributed by atoms with Crippen LogP contribution in [-0.2, 0) is 14.8 Å². The number of carbonyl (C=O) groups excluding carboxylic acids is 2. The van der Waals surface area contributed by atoms with Gasteiger partial charge in [-0.25, -0.2) is 8.42 Å². The maximum atomic E-state index is 13.7. The molecule has 218 valence electrons. The SMILES string of the molecule is Cc1ccc(S(=O)(=O)N(C)C[C@@H]2Oc3c(NC(=O)C4CCCCC4)cccc3C(=O)N([C@@H](C)CO)C[C@@H]2C)cc1. The number of sulfonamides is 1. The van der Waals surface area contributed by atoms with E-state index in [0.29, 0.717) is 5.69 Å². The van der Waals surface area contributed by atoms with Crippen LogP contribution in [0.2, 0.25) is 0 Å². The summed E-state index contributed by atoms with van der Waals surface area (Å²) < 4.78 is 34.6. The van der Waals surface area contributed by atoms with Gasteiger partial charge in [-0.15, -0.1) is 0 Å². The van der Waals surface area contributed by atoms with Crippen LogP contribution in [0.4, 0.5) is 5.69 Å². The van der Waals surface area contributed by atoms with E-state index in [4.69, 9.17) is 4.74 Å². The molecule has 0 spiro atoms. The Bertz CT molecular complexity index is 1310. The first kappa shape index (κ1) is 30.0. The zero-order valence-electron chi connectivity index (χ0n) is 23.8. The van der Waals surface area contributed by atoms with E-state index in [-0.39, 0.29) is 59.6 Å². The molecule has 2 aliphatic rings. The molecule has 1 saturated carbocycles. The summed E-state index contributed by atoms with van der Waals surface area (Å²) in [6.07, 6.45) is 4.15. The van der Waals surface area contributed by atoms with Gasteiger partial charge in [0.15, 0.2) is 5.75 Å². The van der Waals surface area contributed by atoms with Crippen LogP contribution in [0, 0.1) is 18.8 Å². The summed E-state index contributed by atoms with van der Waals surface area (Å²) in [4.78, 5) is 28.6. The number of ether oxygens (including phenoxy) is 1. The van der Waals surface area contributed by atoms with Crippen LogP contribution in [0.25, 0.3) is 0 Å². The van der Waals surface area contributed by atoms with E-state index >= 15 is 0 Å². The van der Waals surface area contributed by atoms with E-state index in [2.05, 4.69) is 5.32 Å². The number of para-hydroxylation sites is 1. The second-order valence-corrected chi connectivity index (χ2v) is 13.3. The van der Waals surface area contributed by atoms with Crippen molar-refractivity contribution >= 4 is 27.5 Å². The molecular formula is C30H41N3O6S. The van der Waals surface area contributed by atoms with Gasteiger partial charge in [0.25, 0.3) is 5.91 Å². The zero-order valence-corrected chi connectivity index (χ0v) is 24.6. The van der Waals surface area contributed by atoms with Crippen LogP contribution in [0.1, 0.15) is 61.9 Å². The van der Waals surface area contributed by atoms with Crippen molar-refractivity contribution in [1.29, 1.82) is 0 Å². The molecule has 2 amide bonds. The molecule has 9 nitrogen and oxygen atoms in total. The lowest BCUT2D eigenvalue weighted by atomic mass is 9.88. The number of likely N-dealkylation sites (N-methyl/N-ethyl adjacent to an activating group) is 1. The van der Waals surface area contributed by atoms with Crippen LogP contribution >= 0.6 is 0 Å². The number of hydrogen-bond acceptors (Lipinski definition) is 6. The molecule has 40 heavy (non-hydrogen) atoms. The monoisotopic (exact) mass is 571 g/mol. The van der Waals surface area contributed by atoms with Gasteiger partial charge in [-0.05, 0) is 51.0 Å². The molecule has 0 aromatic heterocycles. The summed E-state index contributed by atoms with van der Waals surface area (Å²) in [7, 11) is -2.29. The molecule has 0 radical (unpaired) electrons. The van der Waals surface area contributed by atoms with E-state index in [9.17, 15) is 23.1 Å². The number of aryl methyl sites for hydroxylation is 1. The molecule has 1 aliphatic carbocycles. The summed E-state index contributed by atoms with van der Waals surface area (Å²) in [5.74, 6) is -0.569. The van der Waals surface area contributed by atoms with Crippen LogP contribution in [-0.4, -0.2) is 73.4 Å². The molecule has 1 aliphatic heterocycles. The van der Waals surface area contributed by atoms with Gasteiger partial charge >= 0.3 is 0 Å². The van der Waals surface area contributed by atoms with Gasteiger partial charge in [-0.3, -0.25) is 9.59 Å². The highest BCUT2D eigenvalue weighted by Crippen LogP contribution is 2.36. The molecule has 1 fully saturated rings. The predicted molar refractivity (Wildman–Crippen MR) is 154 cm³/mol. The molecule has 0 saturated heterocycles. The Morgan fingerprint density at radius 2 is 1.82 bits per heavy atom. The van der Waals surface area contributed by atoms with Gasteiger partial charge in [0, 0.05) is 25.4 Å². The van der Waals surface area contributed by atoms with E-state index < -0.39 is 22.2 Å². The Labute approximate surface area is 237 Å². The standard InChI is InChI=1S/C30H41N3O6S/c1-20-13-15-24(16-14-20)40(37,38)32(4)18-27-21(2)17-33(22(3)19-34)30(36)25-11-8-12-26(28(25)39-27)31-29(35)23-9-6-5-7-10-23/h8,11-16,21-23,27,34H,5-7,9-10,17-19H2,1-4H3,(H,31,35)/t21-,22-,27-/m0/s1. The number of benzene rings is 2. The molecular weight excluding hydrogens is 530 g/mol. The fourth-order valence-corrected chi connectivity index (χ4v) is 6.58. The normalized spacial score (nSPS) is 21.2.